The number of halogens is 3. The summed E-state index contributed by atoms with van der Waals surface area (Å²) in [4.78, 5) is 11.2. The highest BCUT2D eigenvalue weighted by atomic mass is 35.5. The molecule has 90 valence electrons. The van der Waals surface area contributed by atoms with Crippen LogP contribution in [0.2, 0.25) is 0 Å². The van der Waals surface area contributed by atoms with Gasteiger partial charge in [0.25, 0.3) is 0 Å². The first-order chi connectivity index (χ1) is 7.15. The minimum atomic E-state index is -1.06. The Morgan fingerprint density at radius 1 is 1.38 bits per heavy atom. The largest absolute Gasteiger partial charge is 0.461 e. The lowest BCUT2D eigenvalue weighted by atomic mass is 10.2. The number of hydrogen-bond donors (Lipinski definition) is 1. The number of esters is 1. The molecular weight excluding hydrogens is 240 g/mol. The van der Waals surface area contributed by atoms with Crippen molar-refractivity contribution in [3.8, 4) is 0 Å². The molecule has 1 aromatic carbocycles. The molecule has 0 aliphatic rings. The van der Waals surface area contributed by atoms with Gasteiger partial charge in [-0.15, -0.1) is 12.4 Å². The van der Waals surface area contributed by atoms with Crippen molar-refractivity contribution in [1.82, 2.24) is 5.32 Å². The maximum Gasteiger partial charge on any atom is 0.338 e. The summed E-state index contributed by atoms with van der Waals surface area (Å²) in [5, 5.41) is 2.78. The number of likely N-dealkylation sites (N-methyl/N-ethyl adjacent to an activating group) is 1. The van der Waals surface area contributed by atoms with E-state index in [1.54, 1.807) is 7.05 Å². The minimum Gasteiger partial charge on any atom is -0.461 e. The molecule has 0 spiro atoms. The average molecular weight is 252 g/mol. The highest BCUT2D eigenvalue weighted by Gasteiger charge is 2.10. The molecule has 0 aromatic heterocycles. The lowest BCUT2D eigenvalue weighted by Crippen LogP contribution is -2.17. The summed E-state index contributed by atoms with van der Waals surface area (Å²) in [5.74, 6) is -2.70. The molecule has 1 N–H and O–H groups in total. The van der Waals surface area contributed by atoms with Crippen LogP contribution in [0.15, 0.2) is 18.2 Å². The molecule has 0 unspecified atom stereocenters. The van der Waals surface area contributed by atoms with Crippen molar-refractivity contribution < 1.29 is 18.3 Å². The zero-order valence-corrected chi connectivity index (χ0v) is 9.44. The quantitative estimate of drug-likeness (QED) is 0.655. The van der Waals surface area contributed by atoms with Gasteiger partial charge >= 0.3 is 5.97 Å². The maximum atomic E-state index is 12.7. The molecule has 1 aromatic rings. The van der Waals surface area contributed by atoms with Crippen LogP contribution in [0.25, 0.3) is 0 Å². The molecule has 0 radical (unpaired) electrons. The first-order valence-corrected chi connectivity index (χ1v) is 4.42. The summed E-state index contributed by atoms with van der Waals surface area (Å²) in [5.41, 5.74) is 0.00463. The Morgan fingerprint density at radius 3 is 2.62 bits per heavy atom. The Hall–Kier alpha value is -1.20. The van der Waals surface area contributed by atoms with Gasteiger partial charge in [0, 0.05) is 6.54 Å². The van der Waals surface area contributed by atoms with Crippen LogP contribution < -0.4 is 5.32 Å². The lowest BCUT2D eigenvalue weighted by molar-refractivity contribution is 0.0510. The molecule has 0 heterocycles. The molecule has 16 heavy (non-hydrogen) atoms. The smallest absolute Gasteiger partial charge is 0.338 e. The summed E-state index contributed by atoms with van der Waals surface area (Å²) < 4.78 is 30.0. The zero-order valence-electron chi connectivity index (χ0n) is 8.63. The second-order valence-corrected chi connectivity index (χ2v) is 2.87. The lowest BCUT2D eigenvalue weighted by Gasteiger charge is -2.04. The molecule has 0 amide bonds. The molecular formula is C10H12ClF2NO2. The predicted octanol–water partition coefficient (Wildman–Crippen LogP) is 1.76. The first kappa shape index (κ1) is 14.8. The SMILES string of the molecule is CNCCOC(=O)c1ccc(F)c(F)c1.Cl. The number of carbonyl (C=O) groups excluding carboxylic acids is 1. The van der Waals surface area contributed by atoms with Gasteiger partial charge in [0.05, 0.1) is 5.56 Å². The average Bonchev–Trinajstić information content (AvgIpc) is 2.22. The molecule has 0 aliphatic carbocycles. The number of nitrogens with one attached hydrogen (secondary N) is 1. The van der Waals surface area contributed by atoms with Crippen LogP contribution in [-0.2, 0) is 4.74 Å². The number of ether oxygens (including phenoxy) is 1. The Balaban J connectivity index is 0.00000225. The number of hydrogen-bond acceptors (Lipinski definition) is 3. The molecule has 0 aliphatic heterocycles. The van der Waals surface area contributed by atoms with E-state index in [9.17, 15) is 13.6 Å². The second kappa shape index (κ2) is 7.14. The maximum absolute atomic E-state index is 12.7. The second-order valence-electron chi connectivity index (χ2n) is 2.87. The van der Waals surface area contributed by atoms with Gasteiger partial charge in [0.15, 0.2) is 11.6 Å². The van der Waals surface area contributed by atoms with Crippen LogP contribution in [0.3, 0.4) is 0 Å². The summed E-state index contributed by atoms with van der Waals surface area (Å²) in [6.45, 7) is 0.698. The zero-order chi connectivity index (χ0) is 11.3. The summed E-state index contributed by atoms with van der Waals surface area (Å²) in [6.07, 6.45) is 0. The fraction of sp³-hybridized carbons (Fsp3) is 0.300. The summed E-state index contributed by atoms with van der Waals surface area (Å²) in [6, 6.07) is 2.89. The first-order valence-electron chi connectivity index (χ1n) is 4.42. The van der Waals surface area contributed by atoms with Crippen LogP contribution in [0, 0.1) is 11.6 Å². The molecule has 1 rings (SSSR count). The third-order valence-electron chi connectivity index (χ3n) is 1.74. The molecule has 0 atom stereocenters. The molecule has 3 nitrogen and oxygen atoms in total. The number of carbonyl (C=O) groups is 1. The van der Waals surface area contributed by atoms with Crippen molar-refractivity contribution in [1.29, 1.82) is 0 Å². The van der Waals surface area contributed by atoms with Gasteiger partial charge in [0.2, 0.25) is 0 Å². The van der Waals surface area contributed by atoms with Crippen LogP contribution >= 0.6 is 12.4 Å². The molecule has 0 bridgehead atoms. The van der Waals surface area contributed by atoms with E-state index in [2.05, 4.69) is 5.32 Å². The van der Waals surface area contributed by atoms with Gasteiger partial charge in [0.1, 0.15) is 6.61 Å². The van der Waals surface area contributed by atoms with Gasteiger partial charge in [-0.2, -0.15) is 0 Å². The van der Waals surface area contributed by atoms with Gasteiger partial charge in [-0.25, -0.2) is 13.6 Å². The molecule has 6 heteroatoms. The fourth-order valence-corrected chi connectivity index (χ4v) is 0.952. The van der Waals surface area contributed by atoms with E-state index >= 15 is 0 Å². The van der Waals surface area contributed by atoms with E-state index in [4.69, 9.17) is 4.74 Å². The number of rotatable bonds is 4. The highest BCUT2D eigenvalue weighted by Crippen LogP contribution is 2.09. The van der Waals surface area contributed by atoms with Crippen molar-refractivity contribution in [2.24, 2.45) is 0 Å². The van der Waals surface area contributed by atoms with Crippen LogP contribution in [0.4, 0.5) is 8.78 Å². The topological polar surface area (TPSA) is 38.3 Å². The molecule has 0 saturated carbocycles. The summed E-state index contributed by atoms with van der Waals surface area (Å²) in [7, 11) is 1.71. The van der Waals surface area contributed by atoms with Crippen molar-refractivity contribution in [2.75, 3.05) is 20.2 Å². The van der Waals surface area contributed by atoms with Gasteiger partial charge in [-0.3, -0.25) is 0 Å². The van der Waals surface area contributed by atoms with Gasteiger partial charge < -0.3 is 10.1 Å². The van der Waals surface area contributed by atoms with E-state index in [0.717, 1.165) is 12.1 Å². The van der Waals surface area contributed by atoms with E-state index in [1.165, 1.54) is 6.07 Å². The van der Waals surface area contributed by atoms with Crippen LogP contribution in [0.1, 0.15) is 10.4 Å². The molecule has 0 saturated heterocycles. The van der Waals surface area contributed by atoms with E-state index < -0.39 is 17.6 Å². The van der Waals surface area contributed by atoms with Crippen molar-refractivity contribution >= 4 is 18.4 Å². The van der Waals surface area contributed by atoms with E-state index in [-0.39, 0.29) is 24.6 Å². The van der Waals surface area contributed by atoms with E-state index in [0.29, 0.717) is 6.54 Å². The standard InChI is InChI=1S/C10H11F2NO2.ClH/c1-13-4-5-15-10(14)7-2-3-8(11)9(12)6-7;/h2-3,6,13H,4-5H2,1H3;1H. The van der Waals surface area contributed by atoms with Crippen molar-refractivity contribution in [3.63, 3.8) is 0 Å². The van der Waals surface area contributed by atoms with Crippen molar-refractivity contribution in [3.05, 3.63) is 35.4 Å². The van der Waals surface area contributed by atoms with Crippen LogP contribution in [0.5, 0.6) is 0 Å². The Kier molecular flexibility index (Phi) is 6.60. The Labute approximate surface area is 98.2 Å². The Bertz CT molecular complexity index is 361. The summed E-state index contributed by atoms with van der Waals surface area (Å²) >= 11 is 0. The normalized spacial score (nSPS) is 9.44. The Morgan fingerprint density at radius 2 is 2.06 bits per heavy atom. The third kappa shape index (κ3) is 4.12. The minimum absolute atomic E-state index is 0. The van der Waals surface area contributed by atoms with Gasteiger partial charge in [-0.1, -0.05) is 0 Å². The van der Waals surface area contributed by atoms with Crippen molar-refractivity contribution in [2.45, 2.75) is 0 Å². The number of benzene rings is 1. The van der Waals surface area contributed by atoms with Crippen LogP contribution in [-0.4, -0.2) is 26.2 Å². The fourth-order valence-electron chi connectivity index (χ4n) is 0.952. The monoisotopic (exact) mass is 251 g/mol. The third-order valence-corrected chi connectivity index (χ3v) is 1.74. The molecule has 0 fully saturated rings. The highest BCUT2D eigenvalue weighted by molar-refractivity contribution is 5.89. The predicted molar refractivity (Wildman–Crippen MR) is 57.8 cm³/mol. The van der Waals surface area contributed by atoms with Gasteiger partial charge in [-0.05, 0) is 25.2 Å². The van der Waals surface area contributed by atoms with E-state index in [1.807, 2.05) is 0 Å².